The standard InChI is InChI=1S/C20H18N4O5S/c1-28-16-7-6-14(10-17(16)29-2)22-11-21-20-23(12-22)19(25)18(30-20)9-13-4-3-5-15(8-13)24(26)27/h3-10H,11-12H2,1-2H3/b18-9-. The van der Waals surface area contributed by atoms with Crippen LogP contribution in [0.2, 0.25) is 0 Å². The summed E-state index contributed by atoms with van der Waals surface area (Å²) in [5.74, 6) is 1.22. The predicted molar refractivity (Wildman–Crippen MR) is 113 cm³/mol. The molecule has 0 fully saturated rings. The van der Waals surface area contributed by atoms with E-state index in [-0.39, 0.29) is 11.2 Å². The summed E-state index contributed by atoms with van der Waals surface area (Å²) in [6.45, 7) is 0.734. The molecule has 2 aromatic carbocycles. The Bertz CT molecular complexity index is 1300. The summed E-state index contributed by atoms with van der Waals surface area (Å²) < 4.78 is 12.7. The summed E-state index contributed by atoms with van der Waals surface area (Å²) in [4.78, 5) is 30.5. The van der Waals surface area contributed by atoms with Crippen LogP contribution in [-0.2, 0) is 6.67 Å². The molecule has 3 aromatic rings. The maximum absolute atomic E-state index is 12.9. The number of ether oxygens (including phenoxy) is 2. The molecule has 30 heavy (non-hydrogen) atoms. The molecule has 1 aromatic heterocycles. The van der Waals surface area contributed by atoms with Crippen LogP contribution >= 0.6 is 11.3 Å². The highest BCUT2D eigenvalue weighted by Crippen LogP contribution is 2.31. The fraction of sp³-hybridized carbons (Fsp3) is 0.200. The first-order valence-electron chi connectivity index (χ1n) is 8.97. The zero-order chi connectivity index (χ0) is 21.3. The third-order valence-corrected chi connectivity index (χ3v) is 5.73. The normalized spacial score (nSPS) is 13.5. The molecule has 1 aliphatic heterocycles. The van der Waals surface area contributed by atoms with Gasteiger partial charge in [0.25, 0.3) is 11.2 Å². The lowest BCUT2D eigenvalue weighted by atomic mass is 10.2. The third kappa shape index (κ3) is 3.64. The molecule has 9 nitrogen and oxygen atoms in total. The van der Waals surface area contributed by atoms with Gasteiger partial charge in [-0.15, -0.1) is 0 Å². The predicted octanol–water partition coefficient (Wildman–Crippen LogP) is 1.72. The van der Waals surface area contributed by atoms with Crippen molar-refractivity contribution in [3.63, 3.8) is 0 Å². The lowest BCUT2D eigenvalue weighted by Crippen LogP contribution is -2.42. The second-order valence-electron chi connectivity index (χ2n) is 6.50. The van der Waals surface area contributed by atoms with Crippen molar-refractivity contribution in [3.05, 3.63) is 77.8 Å². The fourth-order valence-electron chi connectivity index (χ4n) is 3.18. The Morgan fingerprint density at radius 1 is 1.17 bits per heavy atom. The molecular formula is C20H18N4O5S. The van der Waals surface area contributed by atoms with Crippen LogP contribution in [0.4, 0.5) is 11.4 Å². The molecule has 10 heteroatoms. The molecule has 0 spiro atoms. The van der Waals surface area contributed by atoms with Crippen LogP contribution in [0.5, 0.6) is 11.5 Å². The van der Waals surface area contributed by atoms with Crippen LogP contribution in [-0.4, -0.2) is 30.4 Å². The SMILES string of the molecule is COc1ccc(N2CN=c3s/c(=C\c4cccc([N+](=O)[O-])c4)c(=O)n3C2)cc1OC. The number of nitro groups is 1. The molecule has 2 heterocycles. The van der Waals surface area contributed by atoms with Crippen LogP contribution in [0, 0.1) is 10.1 Å². The molecule has 0 unspecified atom stereocenters. The van der Waals surface area contributed by atoms with E-state index in [1.54, 1.807) is 37.0 Å². The first-order chi connectivity index (χ1) is 14.5. The van der Waals surface area contributed by atoms with Gasteiger partial charge in [-0.25, -0.2) is 4.99 Å². The third-order valence-electron chi connectivity index (χ3n) is 4.69. The number of aromatic nitrogens is 1. The smallest absolute Gasteiger partial charge is 0.271 e. The van der Waals surface area contributed by atoms with Gasteiger partial charge >= 0.3 is 0 Å². The Kier molecular flexibility index (Phi) is 5.23. The van der Waals surface area contributed by atoms with Crippen molar-refractivity contribution in [1.29, 1.82) is 0 Å². The number of methoxy groups -OCH3 is 2. The maximum Gasteiger partial charge on any atom is 0.271 e. The molecule has 154 valence electrons. The second kappa shape index (κ2) is 7.99. The van der Waals surface area contributed by atoms with E-state index in [9.17, 15) is 14.9 Å². The first-order valence-corrected chi connectivity index (χ1v) is 9.79. The molecule has 1 aliphatic rings. The van der Waals surface area contributed by atoms with Gasteiger partial charge in [-0.1, -0.05) is 23.5 Å². The molecule has 4 rings (SSSR count). The number of benzene rings is 2. The molecule has 0 N–H and O–H groups in total. The topological polar surface area (TPSA) is 99.2 Å². The van der Waals surface area contributed by atoms with Crippen molar-refractivity contribution in [2.24, 2.45) is 4.99 Å². The number of fused-ring (bicyclic) bond motifs is 1. The Hall–Kier alpha value is -3.66. The number of nitrogens with zero attached hydrogens (tertiary/aromatic N) is 4. The number of rotatable bonds is 5. The minimum atomic E-state index is -0.458. The summed E-state index contributed by atoms with van der Waals surface area (Å²) in [5, 5.41) is 11.0. The number of nitro benzene ring substituents is 1. The molecule has 0 bridgehead atoms. The summed E-state index contributed by atoms with van der Waals surface area (Å²) in [7, 11) is 3.14. The van der Waals surface area contributed by atoms with Crippen molar-refractivity contribution in [1.82, 2.24) is 4.57 Å². The molecule has 0 aliphatic carbocycles. The van der Waals surface area contributed by atoms with Crippen LogP contribution in [0.25, 0.3) is 6.08 Å². The van der Waals surface area contributed by atoms with E-state index in [0.29, 0.717) is 39.7 Å². The van der Waals surface area contributed by atoms with Gasteiger partial charge in [0.2, 0.25) is 0 Å². The maximum atomic E-state index is 12.9. The van der Waals surface area contributed by atoms with Gasteiger partial charge in [-0.05, 0) is 23.8 Å². The van der Waals surface area contributed by atoms with E-state index in [4.69, 9.17) is 9.47 Å². The highest BCUT2D eigenvalue weighted by molar-refractivity contribution is 7.07. The van der Waals surface area contributed by atoms with Crippen molar-refractivity contribution < 1.29 is 14.4 Å². The van der Waals surface area contributed by atoms with Gasteiger partial charge in [0.1, 0.15) is 13.3 Å². The summed E-state index contributed by atoms with van der Waals surface area (Å²) in [6, 6.07) is 11.7. The molecule has 0 amide bonds. The number of thiazole rings is 1. The van der Waals surface area contributed by atoms with Crippen molar-refractivity contribution in [2.75, 3.05) is 25.8 Å². The molecule has 0 atom stereocenters. The number of hydrogen-bond donors (Lipinski definition) is 0. The Morgan fingerprint density at radius 3 is 2.70 bits per heavy atom. The Labute approximate surface area is 174 Å². The first kappa shape index (κ1) is 19.6. The average molecular weight is 426 g/mol. The second-order valence-corrected chi connectivity index (χ2v) is 7.51. The van der Waals surface area contributed by atoms with Gasteiger partial charge < -0.3 is 14.4 Å². The van der Waals surface area contributed by atoms with Crippen molar-refractivity contribution in [3.8, 4) is 11.5 Å². The molecule has 0 saturated heterocycles. The van der Waals surface area contributed by atoms with E-state index in [0.717, 1.165) is 5.69 Å². The zero-order valence-electron chi connectivity index (χ0n) is 16.3. The van der Waals surface area contributed by atoms with Gasteiger partial charge in [0.15, 0.2) is 16.3 Å². The monoisotopic (exact) mass is 426 g/mol. The molecule has 0 radical (unpaired) electrons. The summed E-state index contributed by atoms with van der Waals surface area (Å²) in [5.41, 5.74) is 1.24. The molecular weight excluding hydrogens is 408 g/mol. The van der Waals surface area contributed by atoms with Gasteiger partial charge in [-0.3, -0.25) is 19.5 Å². The summed E-state index contributed by atoms with van der Waals surface area (Å²) in [6.07, 6.45) is 1.65. The Morgan fingerprint density at radius 2 is 1.97 bits per heavy atom. The lowest BCUT2D eigenvalue weighted by Gasteiger charge is -2.26. The van der Waals surface area contributed by atoms with E-state index in [2.05, 4.69) is 4.99 Å². The highest BCUT2D eigenvalue weighted by atomic mass is 32.1. The highest BCUT2D eigenvalue weighted by Gasteiger charge is 2.17. The number of hydrogen-bond acceptors (Lipinski definition) is 8. The van der Waals surface area contributed by atoms with E-state index in [1.807, 2.05) is 23.1 Å². The Balaban J connectivity index is 1.68. The van der Waals surface area contributed by atoms with E-state index in [1.165, 1.54) is 23.5 Å². The van der Waals surface area contributed by atoms with Crippen LogP contribution in [0.1, 0.15) is 5.56 Å². The van der Waals surface area contributed by atoms with Gasteiger partial charge in [-0.2, -0.15) is 0 Å². The van der Waals surface area contributed by atoms with Gasteiger partial charge in [0, 0.05) is 23.9 Å². The van der Waals surface area contributed by atoms with Crippen molar-refractivity contribution in [2.45, 2.75) is 6.67 Å². The minimum Gasteiger partial charge on any atom is -0.493 e. The van der Waals surface area contributed by atoms with Crippen LogP contribution in [0.3, 0.4) is 0 Å². The average Bonchev–Trinajstić information content (AvgIpc) is 3.08. The number of non-ortho nitro benzene ring substituents is 1. The van der Waals surface area contributed by atoms with Gasteiger partial charge in [0.05, 0.1) is 23.7 Å². The lowest BCUT2D eigenvalue weighted by molar-refractivity contribution is -0.384. The quantitative estimate of drug-likeness (QED) is 0.455. The number of anilines is 1. The molecule has 0 saturated carbocycles. The summed E-state index contributed by atoms with van der Waals surface area (Å²) >= 11 is 1.27. The van der Waals surface area contributed by atoms with Crippen LogP contribution < -0.4 is 29.3 Å². The van der Waals surface area contributed by atoms with E-state index >= 15 is 0 Å². The minimum absolute atomic E-state index is 0.0190. The fourth-order valence-corrected chi connectivity index (χ4v) is 4.14. The van der Waals surface area contributed by atoms with Crippen molar-refractivity contribution >= 4 is 28.8 Å². The van der Waals surface area contributed by atoms with Crippen LogP contribution in [0.15, 0.2) is 52.3 Å². The largest absolute Gasteiger partial charge is 0.493 e. The zero-order valence-corrected chi connectivity index (χ0v) is 17.1. The van der Waals surface area contributed by atoms with E-state index < -0.39 is 4.92 Å².